The van der Waals surface area contributed by atoms with Gasteiger partial charge < -0.3 is 4.98 Å². The summed E-state index contributed by atoms with van der Waals surface area (Å²) in [4.78, 5) is 23.6. The van der Waals surface area contributed by atoms with E-state index in [4.69, 9.17) is 5.26 Å². The van der Waals surface area contributed by atoms with Crippen molar-refractivity contribution in [2.24, 2.45) is 0 Å². The molecule has 4 heteroatoms. The normalized spacial score (nSPS) is 9.00. The predicted octanol–water partition coefficient (Wildman–Crippen LogP) is 0.367. The van der Waals surface area contributed by atoms with E-state index in [0.717, 1.165) is 0 Å². The second-order valence-electron chi connectivity index (χ2n) is 2.30. The Morgan fingerprint density at radius 3 is 2.83 bits per heavy atom. The van der Waals surface area contributed by atoms with Crippen LogP contribution in [0.4, 0.5) is 0 Å². The van der Waals surface area contributed by atoms with Crippen LogP contribution in [0.15, 0.2) is 11.0 Å². The molecule has 0 saturated carbocycles. The minimum absolute atomic E-state index is 0.000370. The third kappa shape index (κ3) is 1.12. The third-order valence-electron chi connectivity index (χ3n) is 1.63. The van der Waals surface area contributed by atoms with Crippen LogP contribution in [0.3, 0.4) is 0 Å². The molecule has 0 aliphatic heterocycles. The largest absolute Gasteiger partial charge is 0.327 e. The number of H-pyrrole nitrogens is 1. The van der Waals surface area contributed by atoms with Crippen molar-refractivity contribution in [3.63, 3.8) is 0 Å². The van der Waals surface area contributed by atoms with Crippen LogP contribution in [0.25, 0.3) is 0 Å². The van der Waals surface area contributed by atoms with Gasteiger partial charge in [0.1, 0.15) is 11.6 Å². The van der Waals surface area contributed by atoms with Gasteiger partial charge in [0.05, 0.1) is 0 Å². The van der Waals surface area contributed by atoms with E-state index in [1.165, 1.54) is 6.20 Å². The van der Waals surface area contributed by atoms with Gasteiger partial charge in [0, 0.05) is 11.8 Å². The van der Waals surface area contributed by atoms with Crippen molar-refractivity contribution >= 4 is 6.29 Å². The van der Waals surface area contributed by atoms with Crippen molar-refractivity contribution in [2.75, 3.05) is 0 Å². The molecule has 0 spiro atoms. The average Bonchev–Trinajstić information content (AvgIpc) is 2.06. The van der Waals surface area contributed by atoms with Crippen LogP contribution in [0.1, 0.15) is 21.5 Å². The van der Waals surface area contributed by atoms with E-state index in [2.05, 4.69) is 4.98 Å². The first kappa shape index (κ1) is 8.21. The lowest BCUT2D eigenvalue weighted by atomic mass is 10.1. The summed E-state index contributed by atoms with van der Waals surface area (Å²) in [7, 11) is 0. The minimum Gasteiger partial charge on any atom is -0.327 e. The van der Waals surface area contributed by atoms with Crippen LogP contribution in [-0.4, -0.2) is 11.3 Å². The van der Waals surface area contributed by atoms with Gasteiger partial charge in [-0.1, -0.05) is 0 Å². The summed E-state index contributed by atoms with van der Waals surface area (Å²) in [6.07, 6.45) is 1.90. The van der Waals surface area contributed by atoms with E-state index in [1.54, 1.807) is 13.0 Å². The van der Waals surface area contributed by atoms with Crippen molar-refractivity contribution in [3.05, 3.63) is 33.2 Å². The highest BCUT2D eigenvalue weighted by atomic mass is 16.1. The van der Waals surface area contributed by atoms with Crippen molar-refractivity contribution in [1.82, 2.24) is 4.98 Å². The Morgan fingerprint density at radius 1 is 1.67 bits per heavy atom. The zero-order valence-electron chi connectivity index (χ0n) is 6.42. The molecule has 1 aromatic heterocycles. The first-order chi connectivity index (χ1) is 5.70. The highest BCUT2D eigenvalue weighted by Crippen LogP contribution is 2.04. The van der Waals surface area contributed by atoms with Crippen LogP contribution in [0.2, 0.25) is 0 Å². The molecule has 12 heavy (non-hydrogen) atoms. The fourth-order valence-electron chi connectivity index (χ4n) is 0.895. The standard InChI is InChI=1S/C8H6N2O2/c1-5-6(4-11)3-10-8(12)7(5)2-9/h3-4H,1H3,(H,10,12). The van der Waals surface area contributed by atoms with Crippen LogP contribution in [0, 0.1) is 18.3 Å². The van der Waals surface area contributed by atoms with Crippen LogP contribution >= 0.6 is 0 Å². The maximum atomic E-state index is 10.9. The molecular weight excluding hydrogens is 156 g/mol. The summed E-state index contributed by atoms with van der Waals surface area (Å²) in [5, 5.41) is 8.53. The Morgan fingerprint density at radius 2 is 2.33 bits per heavy atom. The fraction of sp³-hybridized carbons (Fsp3) is 0.125. The molecule has 0 fully saturated rings. The first-order valence-corrected chi connectivity index (χ1v) is 3.28. The molecule has 0 saturated heterocycles. The van der Waals surface area contributed by atoms with Crippen molar-refractivity contribution < 1.29 is 4.79 Å². The molecule has 60 valence electrons. The number of carbonyl (C=O) groups is 1. The maximum absolute atomic E-state index is 10.9. The van der Waals surface area contributed by atoms with Gasteiger partial charge in [-0.15, -0.1) is 0 Å². The summed E-state index contributed by atoms with van der Waals surface area (Å²) in [6.45, 7) is 1.57. The summed E-state index contributed by atoms with van der Waals surface area (Å²) >= 11 is 0. The lowest BCUT2D eigenvalue weighted by Crippen LogP contribution is -2.12. The molecule has 0 aliphatic carbocycles. The topological polar surface area (TPSA) is 73.7 Å². The van der Waals surface area contributed by atoms with E-state index >= 15 is 0 Å². The lowest BCUT2D eigenvalue weighted by molar-refractivity contribution is 0.112. The van der Waals surface area contributed by atoms with Crippen molar-refractivity contribution in [3.8, 4) is 6.07 Å². The average molecular weight is 162 g/mol. The number of nitriles is 1. The second-order valence-corrected chi connectivity index (χ2v) is 2.30. The van der Waals surface area contributed by atoms with Crippen molar-refractivity contribution in [2.45, 2.75) is 6.92 Å². The number of aromatic nitrogens is 1. The smallest absolute Gasteiger partial charge is 0.266 e. The number of rotatable bonds is 1. The molecule has 0 amide bonds. The van der Waals surface area contributed by atoms with Crippen LogP contribution in [0.5, 0.6) is 0 Å². The Hall–Kier alpha value is -1.89. The molecule has 1 aromatic rings. The number of hydrogen-bond donors (Lipinski definition) is 1. The van der Waals surface area contributed by atoms with Crippen molar-refractivity contribution in [1.29, 1.82) is 5.26 Å². The number of pyridine rings is 1. The molecule has 0 radical (unpaired) electrons. The van der Waals surface area contributed by atoms with E-state index in [1.807, 2.05) is 0 Å². The second kappa shape index (κ2) is 3.01. The third-order valence-corrected chi connectivity index (χ3v) is 1.63. The molecule has 0 aliphatic rings. The summed E-state index contributed by atoms with van der Waals surface area (Å²) in [5.74, 6) is 0. The Balaban J connectivity index is 3.58. The Bertz CT molecular complexity index is 412. The molecule has 1 rings (SSSR count). The van der Waals surface area contributed by atoms with Gasteiger partial charge >= 0.3 is 0 Å². The van der Waals surface area contributed by atoms with E-state index in [9.17, 15) is 9.59 Å². The number of nitrogens with zero attached hydrogens (tertiary/aromatic N) is 1. The van der Waals surface area contributed by atoms with Gasteiger partial charge in [-0.25, -0.2) is 0 Å². The molecule has 1 heterocycles. The molecule has 0 bridgehead atoms. The van der Waals surface area contributed by atoms with Gasteiger partial charge in [-0.05, 0) is 12.5 Å². The Kier molecular flexibility index (Phi) is 2.06. The van der Waals surface area contributed by atoms with E-state index < -0.39 is 5.56 Å². The zero-order valence-corrected chi connectivity index (χ0v) is 6.42. The number of nitrogens with one attached hydrogen (secondary N) is 1. The van der Waals surface area contributed by atoms with Gasteiger partial charge in [-0.2, -0.15) is 5.26 Å². The molecule has 0 aromatic carbocycles. The molecule has 0 unspecified atom stereocenters. The van der Waals surface area contributed by atoms with Crippen LogP contribution in [-0.2, 0) is 0 Å². The fourth-order valence-corrected chi connectivity index (χ4v) is 0.895. The molecular formula is C8H6N2O2. The minimum atomic E-state index is -0.458. The maximum Gasteiger partial charge on any atom is 0.266 e. The lowest BCUT2D eigenvalue weighted by Gasteiger charge is -1.97. The van der Waals surface area contributed by atoms with Gasteiger partial charge in [-0.3, -0.25) is 9.59 Å². The summed E-state index contributed by atoms with van der Waals surface area (Å²) < 4.78 is 0. The number of aromatic amines is 1. The van der Waals surface area contributed by atoms with E-state index in [-0.39, 0.29) is 5.56 Å². The molecule has 0 atom stereocenters. The zero-order chi connectivity index (χ0) is 9.14. The SMILES string of the molecule is Cc1c(C=O)c[nH]c(=O)c1C#N. The van der Waals surface area contributed by atoms with Gasteiger partial charge in [0.2, 0.25) is 0 Å². The first-order valence-electron chi connectivity index (χ1n) is 3.28. The highest BCUT2D eigenvalue weighted by molar-refractivity contribution is 5.77. The number of aldehydes is 1. The quantitative estimate of drug-likeness (QED) is 0.606. The van der Waals surface area contributed by atoms with Gasteiger partial charge in [0.25, 0.3) is 5.56 Å². The predicted molar refractivity (Wildman–Crippen MR) is 41.9 cm³/mol. The van der Waals surface area contributed by atoms with Crippen LogP contribution < -0.4 is 5.56 Å². The summed E-state index contributed by atoms with van der Waals surface area (Å²) in [6, 6.07) is 1.74. The number of carbonyl (C=O) groups excluding carboxylic acids is 1. The monoisotopic (exact) mass is 162 g/mol. The Labute approximate surface area is 68.5 Å². The molecule has 4 nitrogen and oxygen atoms in total. The van der Waals surface area contributed by atoms with E-state index in [0.29, 0.717) is 17.4 Å². The number of hydrogen-bond acceptors (Lipinski definition) is 3. The molecule has 1 N–H and O–H groups in total. The highest BCUT2D eigenvalue weighted by Gasteiger charge is 2.06. The van der Waals surface area contributed by atoms with Gasteiger partial charge in [0.15, 0.2) is 6.29 Å². The summed E-state index contributed by atoms with van der Waals surface area (Å²) in [5.41, 5.74) is 0.308.